The molecule has 7 heteroatoms. The van der Waals surface area contributed by atoms with Crippen molar-refractivity contribution in [2.24, 2.45) is 5.73 Å². The minimum absolute atomic E-state index is 0.000743. The molecule has 2 heterocycles. The van der Waals surface area contributed by atoms with Gasteiger partial charge in [-0.25, -0.2) is 13.8 Å². The van der Waals surface area contributed by atoms with E-state index in [9.17, 15) is 8.78 Å². The summed E-state index contributed by atoms with van der Waals surface area (Å²) < 4.78 is 35.6. The van der Waals surface area contributed by atoms with E-state index in [1.165, 1.54) is 0 Å². The molecule has 26 heavy (non-hydrogen) atoms. The van der Waals surface area contributed by atoms with Gasteiger partial charge in [0.05, 0.1) is 6.54 Å². The van der Waals surface area contributed by atoms with Crippen molar-refractivity contribution in [2.75, 3.05) is 24.6 Å². The molecule has 0 radical (unpaired) electrons. The largest absolute Gasteiger partial charge is 0.489 e. The quantitative estimate of drug-likeness (QED) is 0.817. The van der Waals surface area contributed by atoms with Gasteiger partial charge in [-0.3, -0.25) is 0 Å². The van der Waals surface area contributed by atoms with Crippen LogP contribution in [0, 0.1) is 0 Å². The number of nitrogens with two attached hydrogens (primary N) is 1. The van der Waals surface area contributed by atoms with E-state index in [-0.39, 0.29) is 18.0 Å². The Morgan fingerprint density at radius 3 is 2.73 bits per heavy atom. The van der Waals surface area contributed by atoms with Crippen LogP contribution in [0.5, 0.6) is 11.6 Å². The van der Waals surface area contributed by atoms with Crippen LogP contribution in [0.25, 0.3) is 0 Å². The van der Waals surface area contributed by atoms with E-state index in [0.717, 1.165) is 30.0 Å². The molecule has 2 N–H and O–H groups in total. The predicted molar refractivity (Wildman–Crippen MR) is 96.0 cm³/mol. The van der Waals surface area contributed by atoms with Crippen LogP contribution in [0.3, 0.4) is 0 Å². The number of rotatable bonds is 7. The van der Waals surface area contributed by atoms with Crippen molar-refractivity contribution in [3.63, 3.8) is 0 Å². The molecule has 2 aromatic rings. The lowest BCUT2D eigenvalue weighted by atomic mass is 10.1. The van der Waals surface area contributed by atoms with Gasteiger partial charge < -0.3 is 20.1 Å². The minimum Gasteiger partial charge on any atom is -0.489 e. The highest BCUT2D eigenvalue weighted by Gasteiger charge is 2.24. The average Bonchev–Trinajstić information content (AvgIpc) is 3.09. The Kier molecular flexibility index (Phi) is 5.88. The number of nitrogens with zero attached hydrogens (tertiary/aromatic N) is 2. The molecule has 0 unspecified atom stereocenters. The highest BCUT2D eigenvalue weighted by Crippen LogP contribution is 2.26. The normalized spacial score (nSPS) is 18.2. The summed E-state index contributed by atoms with van der Waals surface area (Å²) >= 11 is 0. The fourth-order valence-corrected chi connectivity index (χ4v) is 2.92. The first-order valence-electron chi connectivity index (χ1n) is 8.65. The van der Waals surface area contributed by atoms with Gasteiger partial charge in [0.15, 0.2) is 6.61 Å². The molecule has 1 fully saturated rings. The van der Waals surface area contributed by atoms with E-state index in [2.05, 4.69) is 9.88 Å². The van der Waals surface area contributed by atoms with Gasteiger partial charge in [-0.1, -0.05) is 12.1 Å². The van der Waals surface area contributed by atoms with Crippen molar-refractivity contribution >= 4 is 5.69 Å². The van der Waals surface area contributed by atoms with Gasteiger partial charge in [-0.05, 0) is 30.7 Å². The molecule has 2 atom stereocenters. The van der Waals surface area contributed by atoms with Gasteiger partial charge in [-0.2, -0.15) is 0 Å². The molecular formula is C19H23F2N3O2. The van der Waals surface area contributed by atoms with Crippen LogP contribution in [0.15, 0.2) is 42.6 Å². The molecule has 140 valence electrons. The highest BCUT2D eigenvalue weighted by atomic mass is 19.3. The first-order valence-corrected chi connectivity index (χ1v) is 8.65. The lowest BCUT2D eigenvalue weighted by Crippen LogP contribution is -2.24. The number of pyridine rings is 1. The van der Waals surface area contributed by atoms with Crippen LogP contribution >= 0.6 is 0 Å². The average molecular weight is 363 g/mol. The van der Waals surface area contributed by atoms with Crippen LogP contribution in [-0.2, 0) is 0 Å². The number of ether oxygens (including phenoxy) is 2. The summed E-state index contributed by atoms with van der Waals surface area (Å²) in [5, 5.41) is 0. The molecule has 1 aromatic carbocycles. The van der Waals surface area contributed by atoms with E-state index in [4.69, 9.17) is 15.2 Å². The van der Waals surface area contributed by atoms with Crippen molar-refractivity contribution in [3.8, 4) is 11.6 Å². The van der Waals surface area contributed by atoms with Gasteiger partial charge in [0.1, 0.15) is 11.9 Å². The smallest absolute Gasteiger partial charge is 0.272 e. The summed E-state index contributed by atoms with van der Waals surface area (Å²) in [6.45, 7) is 2.83. The Morgan fingerprint density at radius 1 is 1.27 bits per heavy atom. The maximum Gasteiger partial charge on any atom is 0.272 e. The molecule has 1 aliphatic heterocycles. The van der Waals surface area contributed by atoms with E-state index in [1.807, 2.05) is 37.3 Å². The number of anilines is 1. The maximum atomic E-state index is 12.3. The number of hydrogen-bond acceptors (Lipinski definition) is 5. The maximum absolute atomic E-state index is 12.3. The van der Waals surface area contributed by atoms with Gasteiger partial charge in [0.25, 0.3) is 6.43 Å². The number of halogens is 2. The van der Waals surface area contributed by atoms with Crippen LogP contribution in [0.1, 0.15) is 24.9 Å². The highest BCUT2D eigenvalue weighted by molar-refractivity contribution is 5.49. The summed E-state index contributed by atoms with van der Waals surface area (Å²) in [6, 6.07) is 11.3. The molecule has 5 nitrogen and oxygen atoms in total. The van der Waals surface area contributed by atoms with Crippen molar-refractivity contribution < 1.29 is 18.3 Å². The van der Waals surface area contributed by atoms with Gasteiger partial charge in [-0.15, -0.1) is 0 Å². The van der Waals surface area contributed by atoms with Crippen molar-refractivity contribution in [2.45, 2.75) is 31.9 Å². The molecule has 0 spiro atoms. The van der Waals surface area contributed by atoms with Gasteiger partial charge in [0.2, 0.25) is 5.88 Å². The van der Waals surface area contributed by atoms with Crippen molar-refractivity contribution in [1.82, 2.24) is 4.98 Å². The van der Waals surface area contributed by atoms with E-state index >= 15 is 0 Å². The second kappa shape index (κ2) is 8.31. The van der Waals surface area contributed by atoms with Crippen LogP contribution in [-0.4, -0.2) is 37.2 Å². The first-order chi connectivity index (χ1) is 12.5. The SMILES string of the molecule is C[C@H](N)c1ccc(O[C@@H]2CCN(c3ccnc(OCC(F)F)c3)C2)cc1. The van der Waals surface area contributed by atoms with E-state index < -0.39 is 13.0 Å². The third kappa shape index (κ3) is 4.82. The second-order valence-corrected chi connectivity index (χ2v) is 6.39. The Morgan fingerprint density at radius 2 is 2.04 bits per heavy atom. The second-order valence-electron chi connectivity index (χ2n) is 6.39. The molecule has 0 amide bonds. The Bertz CT molecular complexity index is 710. The fourth-order valence-electron chi connectivity index (χ4n) is 2.92. The summed E-state index contributed by atoms with van der Waals surface area (Å²) in [5.74, 6) is 1.02. The zero-order valence-corrected chi connectivity index (χ0v) is 14.6. The number of hydrogen-bond donors (Lipinski definition) is 1. The van der Waals surface area contributed by atoms with Crippen LogP contribution in [0.4, 0.5) is 14.5 Å². The fraction of sp³-hybridized carbons (Fsp3) is 0.421. The molecule has 0 aliphatic carbocycles. The zero-order chi connectivity index (χ0) is 18.5. The first kappa shape index (κ1) is 18.4. The zero-order valence-electron chi connectivity index (χ0n) is 14.6. The van der Waals surface area contributed by atoms with Crippen molar-refractivity contribution in [1.29, 1.82) is 0 Å². The lowest BCUT2D eigenvalue weighted by Gasteiger charge is -2.19. The van der Waals surface area contributed by atoms with Crippen molar-refractivity contribution in [3.05, 3.63) is 48.2 Å². The Hall–Kier alpha value is -2.41. The standard InChI is InChI=1S/C19H23F2N3O2/c1-13(22)14-2-4-16(5-3-14)26-17-7-9-24(11-17)15-6-8-23-19(10-15)25-12-18(20)21/h2-6,8,10,13,17-18H,7,9,11-12,22H2,1H3/t13-,17+/m0/s1. The minimum atomic E-state index is -2.52. The van der Waals surface area contributed by atoms with Gasteiger partial charge in [0, 0.05) is 37.0 Å². The van der Waals surface area contributed by atoms with E-state index in [1.54, 1.807) is 12.3 Å². The molecule has 1 aliphatic rings. The molecule has 1 aromatic heterocycles. The number of alkyl halides is 2. The number of aromatic nitrogens is 1. The molecule has 0 bridgehead atoms. The lowest BCUT2D eigenvalue weighted by molar-refractivity contribution is 0.0796. The molecule has 1 saturated heterocycles. The molecule has 3 rings (SSSR count). The summed E-state index contributed by atoms with van der Waals surface area (Å²) in [6.07, 6.45) is -0.00449. The Balaban J connectivity index is 1.57. The number of benzene rings is 1. The topological polar surface area (TPSA) is 60.6 Å². The predicted octanol–water partition coefficient (Wildman–Crippen LogP) is 3.40. The summed E-state index contributed by atoms with van der Waals surface area (Å²) in [7, 11) is 0. The Labute approximate surface area is 151 Å². The molecule has 0 saturated carbocycles. The van der Waals surface area contributed by atoms with Gasteiger partial charge >= 0.3 is 0 Å². The summed E-state index contributed by atoms with van der Waals surface area (Å²) in [5.41, 5.74) is 7.82. The van der Waals surface area contributed by atoms with E-state index in [0.29, 0.717) is 6.54 Å². The third-order valence-electron chi connectivity index (χ3n) is 4.29. The molecular weight excluding hydrogens is 340 g/mol. The van der Waals surface area contributed by atoms with Crippen LogP contribution < -0.4 is 20.1 Å². The van der Waals surface area contributed by atoms with Crippen LogP contribution in [0.2, 0.25) is 0 Å². The monoisotopic (exact) mass is 363 g/mol. The summed E-state index contributed by atoms with van der Waals surface area (Å²) in [4.78, 5) is 6.11. The third-order valence-corrected chi connectivity index (χ3v) is 4.29.